The van der Waals surface area contributed by atoms with E-state index in [1.807, 2.05) is 0 Å². The predicted octanol–water partition coefficient (Wildman–Crippen LogP) is -7.82. The van der Waals surface area contributed by atoms with Gasteiger partial charge in [0.1, 0.15) is 24.4 Å². The van der Waals surface area contributed by atoms with Crippen molar-refractivity contribution in [1.29, 1.82) is 0 Å². The second kappa shape index (κ2) is 7.55. The van der Waals surface area contributed by atoms with Gasteiger partial charge in [-0.1, -0.05) is 0 Å². The Balaban J connectivity index is 0. The SMILES string of the molecule is O=C([O-])[C@H](O)[C@@H](O)[C@@H](O)[C@@H](O)CO.[Na+]. The van der Waals surface area contributed by atoms with E-state index in [-0.39, 0.29) is 29.6 Å². The van der Waals surface area contributed by atoms with Crippen molar-refractivity contribution in [3.8, 4) is 0 Å². The molecule has 0 saturated carbocycles. The van der Waals surface area contributed by atoms with E-state index in [1.54, 1.807) is 0 Å². The molecule has 0 heterocycles. The normalized spacial score (nSPS) is 18.9. The van der Waals surface area contributed by atoms with Gasteiger partial charge < -0.3 is 35.4 Å². The number of carboxylic acids is 1. The van der Waals surface area contributed by atoms with Crippen molar-refractivity contribution >= 4 is 5.97 Å². The molecule has 0 aromatic rings. The Kier molecular flexibility index (Phi) is 9.00. The van der Waals surface area contributed by atoms with Crippen LogP contribution in [0.25, 0.3) is 0 Å². The van der Waals surface area contributed by atoms with Gasteiger partial charge in [-0.2, -0.15) is 0 Å². The van der Waals surface area contributed by atoms with Crippen LogP contribution in [0, 0.1) is 0 Å². The largest absolute Gasteiger partial charge is 1.00 e. The van der Waals surface area contributed by atoms with Gasteiger partial charge in [-0.25, -0.2) is 0 Å². The molecule has 0 rings (SSSR count). The number of aliphatic carboxylic acids is 1. The predicted molar refractivity (Wildman–Crippen MR) is 36.1 cm³/mol. The number of hydrogen-bond donors (Lipinski definition) is 5. The number of hydrogen-bond acceptors (Lipinski definition) is 7. The van der Waals surface area contributed by atoms with Crippen LogP contribution in [0.5, 0.6) is 0 Å². The van der Waals surface area contributed by atoms with Crippen LogP contribution >= 0.6 is 0 Å². The van der Waals surface area contributed by atoms with E-state index in [4.69, 9.17) is 25.5 Å². The monoisotopic (exact) mass is 218 g/mol. The molecule has 0 spiro atoms. The Labute approximate surface area is 102 Å². The van der Waals surface area contributed by atoms with Crippen LogP contribution in [0.3, 0.4) is 0 Å². The van der Waals surface area contributed by atoms with Crippen LogP contribution in [0.1, 0.15) is 0 Å². The standard InChI is InChI=1S/C6H12O7.Na/c7-1-2(8)3(9)4(10)5(11)6(12)13;/h2-5,7-11H,1H2,(H,12,13);/q;+1/p-1/t2-,3-,4-,5+;/m0./s1. The second-order valence-electron chi connectivity index (χ2n) is 2.49. The van der Waals surface area contributed by atoms with Crippen LogP contribution in [-0.2, 0) is 4.79 Å². The molecule has 8 heteroatoms. The summed E-state index contributed by atoms with van der Waals surface area (Å²) in [5.41, 5.74) is 0. The second-order valence-corrected chi connectivity index (χ2v) is 2.49. The zero-order valence-electron chi connectivity index (χ0n) is 7.57. The molecule has 14 heavy (non-hydrogen) atoms. The molecule has 0 bridgehead atoms. The molecule has 0 unspecified atom stereocenters. The van der Waals surface area contributed by atoms with E-state index in [0.29, 0.717) is 0 Å². The summed E-state index contributed by atoms with van der Waals surface area (Å²) in [6, 6.07) is 0. The molecule has 0 aliphatic rings. The molecule has 7 nitrogen and oxygen atoms in total. The fourth-order valence-electron chi connectivity index (χ4n) is 0.662. The molecule has 0 aromatic carbocycles. The summed E-state index contributed by atoms with van der Waals surface area (Å²) in [6.45, 7) is -0.863. The molecule has 0 fully saturated rings. The maximum atomic E-state index is 9.98. The van der Waals surface area contributed by atoms with Crippen molar-refractivity contribution in [2.45, 2.75) is 24.4 Å². The minimum Gasteiger partial charge on any atom is -0.547 e. The molecular formula is C6H11NaO7. The van der Waals surface area contributed by atoms with Gasteiger partial charge in [-0.15, -0.1) is 0 Å². The van der Waals surface area contributed by atoms with Crippen molar-refractivity contribution in [3.63, 3.8) is 0 Å². The smallest absolute Gasteiger partial charge is 0.547 e. The van der Waals surface area contributed by atoms with Gasteiger partial charge >= 0.3 is 29.6 Å². The minimum atomic E-state index is -2.31. The Morgan fingerprint density at radius 3 is 1.86 bits per heavy atom. The Bertz CT molecular complexity index is 176. The fraction of sp³-hybridized carbons (Fsp3) is 0.833. The fourth-order valence-corrected chi connectivity index (χ4v) is 0.662. The van der Waals surface area contributed by atoms with Gasteiger partial charge in [-0.3, -0.25) is 0 Å². The summed E-state index contributed by atoms with van der Waals surface area (Å²) in [7, 11) is 0. The van der Waals surface area contributed by atoms with Crippen LogP contribution in [0.4, 0.5) is 0 Å². The van der Waals surface area contributed by atoms with E-state index in [0.717, 1.165) is 0 Å². The number of aliphatic hydroxyl groups is 5. The first-order valence-corrected chi connectivity index (χ1v) is 3.45. The van der Waals surface area contributed by atoms with E-state index in [1.165, 1.54) is 0 Å². The third-order valence-electron chi connectivity index (χ3n) is 1.50. The number of aliphatic hydroxyl groups excluding tert-OH is 5. The van der Waals surface area contributed by atoms with Crippen LogP contribution in [0.2, 0.25) is 0 Å². The average molecular weight is 218 g/mol. The third-order valence-corrected chi connectivity index (χ3v) is 1.50. The number of carbonyl (C=O) groups is 1. The first kappa shape index (κ1) is 16.7. The topological polar surface area (TPSA) is 141 Å². The maximum Gasteiger partial charge on any atom is 1.00 e. The quantitative estimate of drug-likeness (QED) is 0.288. The van der Waals surface area contributed by atoms with Crippen molar-refractivity contribution in [3.05, 3.63) is 0 Å². The Morgan fingerprint density at radius 2 is 1.57 bits per heavy atom. The minimum absolute atomic E-state index is 0. The molecule has 0 saturated heterocycles. The van der Waals surface area contributed by atoms with E-state index in [2.05, 4.69) is 0 Å². The van der Waals surface area contributed by atoms with Gasteiger partial charge in [-0.05, 0) is 0 Å². The molecule has 0 radical (unpaired) electrons. The van der Waals surface area contributed by atoms with Crippen LogP contribution in [0.15, 0.2) is 0 Å². The molecule has 78 valence electrons. The zero-order valence-corrected chi connectivity index (χ0v) is 9.57. The summed E-state index contributed by atoms with van der Waals surface area (Å²) in [5, 5.41) is 53.4. The molecule has 0 aliphatic heterocycles. The Morgan fingerprint density at radius 1 is 1.14 bits per heavy atom. The number of carbonyl (C=O) groups excluding carboxylic acids is 1. The van der Waals surface area contributed by atoms with Gasteiger partial charge in [0.15, 0.2) is 0 Å². The third kappa shape index (κ3) is 4.67. The summed E-state index contributed by atoms with van der Waals surface area (Å²) < 4.78 is 0. The molecule has 0 amide bonds. The van der Waals surface area contributed by atoms with Gasteiger partial charge in [0, 0.05) is 0 Å². The van der Waals surface area contributed by atoms with Crippen LogP contribution in [-0.4, -0.2) is 62.5 Å². The molecule has 0 aliphatic carbocycles. The summed E-state index contributed by atoms with van der Waals surface area (Å²) in [4.78, 5) is 9.98. The van der Waals surface area contributed by atoms with Crippen molar-refractivity contribution < 1.29 is 65.0 Å². The van der Waals surface area contributed by atoms with Gasteiger partial charge in [0.2, 0.25) is 0 Å². The molecule has 0 aromatic heterocycles. The summed E-state index contributed by atoms with van der Waals surface area (Å²) >= 11 is 0. The van der Waals surface area contributed by atoms with Crippen LogP contribution < -0.4 is 34.7 Å². The van der Waals surface area contributed by atoms with Crippen molar-refractivity contribution in [2.24, 2.45) is 0 Å². The molecular weight excluding hydrogens is 207 g/mol. The first-order valence-electron chi connectivity index (χ1n) is 3.45. The van der Waals surface area contributed by atoms with Gasteiger partial charge in [0.25, 0.3) is 0 Å². The van der Waals surface area contributed by atoms with Crippen molar-refractivity contribution in [1.82, 2.24) is 0 Å². The summed E-state index contributed by atoms with van der Waals surface area (Å²) in [6.07, 6.45) is -8.08. The first-order chi connectivity index (χ1) is 5.91. The van der Waals surface area contributed by atoms with E-state index in [9.17, 15) is 9.90 Å². The molecule has 4 atom stereocenters. The van der Waals surface area contributed by atoms with Gasteiger partial charge in [0.05, 0.1) is 12.6 Å². The molecule has 5 N–H and O–H groups in total. The summed E-state index contributed by atoms with van der Waals surface area (Å²) in [5.74, 6) is -1.98. The van der Waals surface area contributed by atoms with E-state index >= 15 is 0 Å². The number of carboxylic acid groups (broad SMARTS) is 1. The van der Waals surface area contributed by atoms with Crippen molar-refractivity contribution in [2.75, 3.05) is 6.61 Å². The van der Waals surface area contributed by atoms with E-state index < -0.39 is 37.0 Å². The zero-order chi connectivity index (χ0) is 10.6. The number of rotatable bonds is 5. The maximum absolute atomic E-state index is 9.98. The Hall–Kier alpha value is 0.270. The average Bonchev–Trinajstić information content (AvgIpc) is 2.12.